The molecular weight excluding hydrogens is 542 g/mol. The van der Waals surface area contributed by atoms with Crippen molar-refractivity contribution in [2.75, 3.05) is 25.5 Å². The van der Waals surface area contributed by atoms with E-state index < -0.39 is 4.92 Å². The summed E-state index contributed by atoms with van der Waals surface area (Å²) >= 11 is 0. The Morgan fingerprint density at radius 2 is 1.95 bits per heavy atom. The number of amides is 2. The highest BCUT2D eigenvalue weighted by Gasteiger charge is 2.54. The van der Waals surface area contributed by atoms with Crippen molar-refractivity contribution in [3.63, 3.8) is 0 Å². The number of nitrogens with one attached hydrogen (secondary N) is 2. The number of nitro benzene ring substituents is 1. The lowest BCUT2D eigenvalue weighted by atomic mass is 9.70. The van der Waals surface area contributed by atoms with Crippen molar-refractivity contribution < 1.29 is 18.9 Å². The third kappa shape index (κ3) is 5.68. The number of aromatic nitrogens is 1. The van der Waals surface area contributed by atoms with Gasteiger partial charge in [0.1, 0.15) is 24.4 Å². The lowest BCUT2D eigenvalue weighted by Gasteiger charge is -2.58. The molecule has 0 aliphatic carbocycles. The summed E-state index contributed by atoms with van der Waals surface area (Å²) in [6.45, 7) is 7.02. The normalized spacial score (nSPS) is 23.3. The molecule has 3 aromatic carbocycles. The predicted molar refractivity (Wildman–Crippen MR) is 167 cm³/mol. The quantitative estimate of drug-likeness (QED) is 0.100. The van der Waals surface area contributed by atoms with Crippen molar-refractivity contribution >= 4 is 28.3 Å². The Bertz CT molecular complexity index is 1640. The van der Waals surface area contributed by atoms with Crippen LogP contribution in [0.2, 0.25) is 0 Å². The number of nitro groups is 1. The maximum absolute atomic E-state index is 13.7. The van der Waals surface area contributed by atoms with Crippen LogP contribution in [0.15, 0.2) is 97.7 Å². The maximum atomic E-state index is 13.7. The molecule has 1 aromatic heterocycles. The Morgan fingerprint density at radius 3 is 2.67 bits per heavy atom. The zero-order valence-corrected chi connectivity index (χ0v) is 24.2. The number of benzene rings is 3. The van der Waals surface area contributed by atoms with Crippen LogP contribution in [0.4, 0.5) is 16.2 Å². The van der Waals surface area contributed by atoms with Gasteiger partial charge in [-0.25, -0.2) is 4.79 Å². The molecule has 7 rings (SSSR count). The number of rotatable bonds is 9. The second kappa shape index (κ2) is 11.9. The number of anilines is 1. The first-order chi connectivity index (χ1) is 20.9. The Kier molecular flexibility index (Phi) is 7.82. The van der Waals surface area contributed by atoms with E-state index in [-0.39, 0.29) is 23.8 Å². The summed E-state index contributed by atoms with van der Waals surface area (Å²) in [5.74, 6) is 1.63. The minimum atomic E-state index is -0.457. The molecular formula is C34H36N5O4+. The number of carbonyl (C=O) groups excluding carboxylic acids is 1. The first-order valence-corrected chi connectivity index (χ1v) is 14.7. The van der Waals surface area contributed by atoms with Crippen molar-refractivity contribution in [1.82, 2.24) is 10.3 Å². The third-order valence-electron chi connectivity index (χ3n) is 9.34. The Morgan fingerprint density at radius 1 is 1.16 bits per heavy atom. The average Bonchev–Trinajstić information content (AvgIpc) is 3.04. The molecule has 3 saturated heterocycles. The molecule has 5 atom stereocenters. The molecule has 0 radical (unpaired) electrons. The van der Waals surface area contributed by atoms with Crippen molar-refractivity contribution in [1.29, 1.82) is 0 Å². The van der Waals surface area contributed by atoms with Crippen LogP contribution < -0.4 is 15.4 Å². The van der Waals surface area contributed by atoms with Crippen LogP contribution in [0.25, 0.3) is 10.9 Å². The topological polar surface area (TPSA) is 106 Å². The van der Waals surface area contributed by atoms with E-state index in [1.165, 1.54) is 17.7 Å². The van der Waals surface area contributed by atoms with Crippen LogP contribution in [0.1, 0.15) is 30.0 Å². The highest BCUT2D eigenvalue weighted by molar-refractivity contribution is 5.91. The minimum Gasteiger partial charge on any atom is -0.497 e. The van der Waals surface area contributed by atoms with Crippen molar-refractivity contribution in [2.45, 2.75) is 31.5 Å². The molecule has 2 N–H and O–H groups in total. The largest absolute Gasteiger partial charge is 0.497 e. The fourth-order valence-corrected chi connectivity index (χ4v) is 7.25. The molecule has 0 spiro atoms. The molecule has 2 amide bonds. The van der Waals surface area contributed by atoms with Gasteiger partial charge >= 0.3 is 6.03 Å². The van der Waals surface area contributed by atoms with E-state index in [1.54, 1.807) is 25.4 Å². The van der Waals surface area contributed by atoms with E-state index in [0.29, 0.717) is 17.5 Å². The number of quaternary nitrogens is 1. The molecule has 4 aromatic rings. The first-order valence-electron chi connectivity index (χ1n) is 14.7. The number of urea groups is 1. The SMILES string of the molecule is C=C[C@H]1C[N@+]2(Cc3ccccc3)CC[C@H]1C[C@H]2[C@@H](NC(=O)Nc1ccc([N+](=O)[O-])cc1)c1ccnc2ccc(OC)cc12. The highest BCUT2D eigenvalue weighted by atomic mass is 16.6. The number of non-ortho nitro benzene ring substituents is 1. The van der Waals surface area contributed by atoms with E-state index in [0.717, 1.165) is 59.2 Å². The Hall–Kier alpha value is -4.76. The first kappa shape index (κ1) is 28.4. The zero-order valence-electron chi connectivity index (χ0n) is 24.2. The standard InChI is InChI=1S/C34H35N5O4/c1-3-24-22-39(21-23-7-5-4-6-8-23)18-16-25(24)19-32(39)33(29-15-17-35-31-14-13-28(43-2)20-30(29)31)37-34(40)36-26-9-11-27(12-10-26)38(41)42/h3-15,17,20,24-25,32-33H,1,16,18-19,21-22H2,2H3,(H-,36,37,40)/p+1/t24-,25-,32-,33-,39+/m0/s1. The van der Waals surface area contributed by atoms with Gasteiger partial charge in [-0.1, -0.05) is 36.4 Å². The fraction of sp³-hybridized carbons (Fsp3) is 0.294. The van der Waals surface area contributed by atoms with Gasteiger partial charge in [0.2, 0.25) is 0 Å². The second-order valence-electron chi connectivity index (χ2n) is 11.7. The summed E-state index contributed by atoms with van der Waals surface area (Å²) in [5.41, 5.74) is 3.53. The molecule has 0 unspecified atom stereocenters. The molecule has 220 valence electrons. The number of methoxy groups -OCH3 is 1. The number of nitrogens with zero attached hydrogens (tertiary/aromatic N) is 3. The third-order valence-corrected chi connectivity index (χ3v) is 9.34. The minimum absolute atomic E-state index is 0.0313. The van der Waals surface area contributed by atoms with Gasteiger partial charge in [0.15, 0.2) is 0 Å². The number of ether oxygens (including phenoxy) is 1. The molecule has 9 heteroatoms. The molecule has 0 saturated carbocycles. The van der Waals surface area contributed by atoms with Crippen molar-refractivity contribution in [3.8, 4) is 5.75 Å². The predicted octanol–water partition coefficient (Wildman–Crippen LogP) is 6.63. The van der Waals surface area contributed by atoms with Crippen LogP contribution in [-0.4, -0.2) is 46.7 Å². The summed E-state index contributed by atoms with van der Waals surface area (Å²) in [4.78, 5) is 29.0. The van der Waals surface area contributed by atoms with E-state index >= 15 is 0 Å². The van der Waals surface area contributed by atoms with E-state index in [1.807, 2.05) is 30.3 Å². The molecule has 2 bridgehead atoms. The van der Waals surface area contributed by atoms with Crippen molar-refractivity contribution in [3.05, 3.63) is 119 Å². The zero-order chi connectivity index (χ0) is 30.0. The van der Waals surface area contributed by atoms with Crippen LogP contribution in [0.5, 0.6) is 5.75 Å². The molecule has 43 heavy (non-hydrogen) atoms. The molecule has 3 aliphatic rings. The molecule has 4 heterocycles. The van der Waals surface area contributed by atoms with Gasteiger partial charge in [0, 0.05) is 53.7 Å². The molecule has 9 nitrogen and oxygen atoms in total. The molecule has 3 fully saturated rings. The average molecular weight is 579 g/mol. The van der Waals surface area contributed by atoms with E-state index in [2.05, 4.69) is 52.5 Å². The smallest absolute Gasteiger partial charge is 0.319 e. The van der Waals surface area contributed by atoms with Gasteiger partial charge in [-0.15, -0.1) is 6.58 Å². The lowest BCUT2D eigenvalue weighted by Crippen LogP contribution is -2.69. The lowest BCUT2D eigenvalue weighted by molar-refractivity contribution is -0.983. The summed E-state index contributed by atoms with van der Waals surface area (Å²) in [5, 5.41) is 18.3. The Labute approximate surface area is 250 Å². The summed E-state index contributed by atoms with van der Waals surface area (Å²) in [6, 6.07) is 23.7. The van der Waals surface area contributed by atoms with Gasteiger partial charge in [-0.3, -0.25) is 15.1 Å². The maximum Gasteiger partial charge on any atom is 0.319 e. The van der Waals surface area contributed by atoms with Crippen LogP contribution >= 0.6 is 0 Å². The number of hydrogen-bond acceptors (Lipinski definition) is 5. The van der Waals surface area contributed by atoms with Gasteiger partial charge in [-0.2, -0.15) is 0 Å². The van der Waals surface area contributed by atoms with Crippen molar-refractivity contribution in [2.24, 2.45) is 11.8 Å². The van der Waals surface area contributed by atoms with Gasteiger partial charge < -0.3 is 19.9 Å². The monoisotopic (exact) mass is 578 g/mol. The van der Waals surface area contributed by atoms with Gasteiger partial charge in [0.25, 0.3) is 5.69 Å². The number of hydrogen-bond donors (Lipinski definition) is 2. The fourth-order valence-electron chi connectivity index (χ4n) is 7.25. The van der Waals surface area contributed by atoms with Gasteiger partial charge in [0.05, 0.1) is 30.6 Å². The van der Waals surface area contributed by atoms with Crippen LogP contribution in [-0.2, 0) is 6.54 Å². The van der Waals surface area contributed by atoms with E-state index in [4.69, 9.17) is 4.74 Å². The van der Waals surface area contributed by atoms with Gasteiger partial charge in [-0.05, 0) is 47.9 Å². The summed E-state index contributed by atoms with van der Waals surface area (Å²) in [6.07, 6.45) is 5.98. The highest BCUT2D eigenvalue weighted by Crippen LogP contribution is 2.48. The van der Waals surface area contributed by atoms with E-state index in [9.17, 15) is 14.9 Å². The number of pyridine rings is 1. The Balaban J connectivity index is 1.42. The molecule has 3 aliphatic heterocycles. The summed E-state index contributed by atoms with van der Waals surface area (Å²) in [7, 11) is 1.64. The van der Waals surface area contributed by atoms with Crippen LogP contribution in [0, 0.1) is 22.0 Å². The summed E-state index contributed by atoms with van der Waals surface area (Å²) < 4.78 is 6.42. The number of carbonyl (C=O) groups is 1. The van der Waals surface area contributed by atoms with Crippen LogP contribution in [0.3, 0.4) is 0 Å². The number of piperidine rings is 3. The number of fused-ring (bicyclic) bond motifs is 4. The second-order valence-corrected chi connectivity index (χ2v) is 11.7.